The van der Waals surface area contributed by atoms with Crippen LogP contribution in [-0.4, -0.2) is 73.1 Å². The number of ether oxygens (including phenoxy) is 2. The average Bonchev–Trinajstić information content (AvgIpc) is 3.91. The van der Waals surface area contributed by atoms with Crippen LogP contribution in [0.5, 0.6) is 5.75 Å². The molecular weight excluding hydrogens is 697 g/mol. The summed E-state index contributed by atoms with van der Waals surface area (Å²) in [6.45, 7) is 6.16. The number of anilines is 4. The van der Waals surface area contributed by atoms with Crippen LogP contribution in [0.25, 0.3) is 0 Å². The van der Waals surface area contributed by atoms with Gasteiger partial charge < -0.3 is 35.2 Å². The van der Waals surface area contributed by atoms with E-state index in [0.717, 1.165) is 101 Å². The molecule has 3 aliphatic carbocycles. The highest BCUT2D eigenvalue weighted by Crippen LogP contribution is 2.41. The summed E-state index contributed by atoms with van der Waals surface area (Å²) in [4.78, 5) is 61.5. The summed E-state index contributed by atoms with van der Waals surface area (Å²) in [5, 5.41) is 9.59. The lowest BCUT2D eigenvalue weighted by Gasteiger charge is -2.43. The Bertz CT molecular complexity index is 1660. The van der Waals surface area contributed by atoms with E-state index in [1.54, 1.807) is 24.1 Å². The molecule has 2 heterocycles. The minimum atomic E-state index is -0.598. The largest absolute Gasteiger partial charge is 0.495 e. The molecule has 1 unspecified atom stereocenters. The van der Waals surface area contributed by atoms with E-state index in [4.69, 9.17) is 14.5 Å². The van der Waals surface area contributed by atoms with Crippen molar-refractivity contribution in [3.05, 3.63) is 35.9 Å². The molecule has 0 radical (unpaired) electrons. The molecule has 12 heteroatoms. The molecule has 0 bridgehead atoms. The molecule has 3 N–H and O–H groups in total. The third-order valence-corrected chi connectivity index (χ3v) is 12.1. The third-order valence-electron chi connectivity index (χ3n) is 12.1. The van der Waals surface area contributed by atoms with Gasteiger partial charge >= 0.3 is 5.97 Å². The summed E-state index contributed by atoms with van der Waals surface area (Å²) >= 11 is 0. The summed E-state index contributed by atoms with van der Waals surface area (Å²) in [5.41, 5.74) is 2.02. The fraction of sp³-hybridized carbons (Fsp3) is 0.651. The fourth-order valence-corrected chi connectivity index (χ4v) is 9.03. The summed E-state index contributed by atoms with van der Waals surface area (Å²) in [6.07, 6.45) is 14.4. The molecule has 2 aromatic rings. The molecule has 55 heavy (non-hydrogen) atoms. The van der Waals surface area contributed by atoms with E-state index in [9.17, 15) is 19.2 Å². The summed E-state index contributed by atoms with van der Waals surface area (Å²) < 4.78 is 11.5. The van der Waals surface area contributed by atoms with Crippen LogP contribution in [0.4, 0.5) is 23.0 Å². The normalized spacial score (nSPS) is 22.4. The van der Waals surface area contributed by atoms with Gasteiger partial charge in [0.15, 0.2) is 5.82 Å². The Kier molecular flexibility index (Phi) is 13.6. The molecule has 12 nitrogen and oxygen atoms in total. The Labute approximate surface area is 326 Å². The number of carbonyl (C=O) groups is 4. The van der Waals surface area contributed by atoms with Crippen LogP contribution in [0.2, 0.25) is 0 Å². The Morgan fingerprint density at radius 3 is 2.33 bits per heavy atom. The van der Waals surface area contributed by atoms with Crippen LogP contribution in [0.3, 0.4) is 0 Å². The van der Waals surface area contributed by atoms with Crippen LogP contribution in [0.15, 0.2) is 30.3 Å². The van der Waals surface area contributed by atoms with E-state index in [2.05, 4.69) is 27.8 Å². The molecule has 0 saturated heterocycles. The van der Waals surface area contributed by atoms with E-state index >= 15 is 0 Å². The molecule has 6 rings (SSSR count). The van der Waals surface area contributed by atoms with E-state index in [0.29, 0.717) is 47.6 Å². The number of carbonyl (C=O) groups excluding carboxylic acids is 4. The number of pyridine rings is 1. The smallest absolute Gasteiger partial charge is 0.328 e. The van der Waals surface area contributed by atoms with Crippen LogP contribution in [-0.2, 0) is 19.1 Å². The number of esters is 1. The minimum absolute atomic E-state index is 0.0177. The number of nitrogens with one attached hydrogen (secondary N) is 3. The van der Waals surface area contributed by atoms with Gasteiger partial charge in [-0.2, -0.15) is 0 Å². The monoisotopic (exact) mass is 758 g/mol. The average molecular weight is 759 g/mol. The number of amides is 3. The van der Waals surface area contributed by atoms with Gasteiger partial charge in [-0.15, -0.1) is 0 Å². The highest BCUT2D eigenvalue weighted by atomic mass is 16.5. The maximum Gasteiger partial charge on any atom is 0.328 e. The SMILES string of the molecule is CCC1C(=O)N(C)c2ccc(Nc3ccc(C(=O)NC4CCC(CCC(=O)N[C@@H](CC(C)C)C(=O)OC5CCCC5)CC4)cc3OC)nc2N1C1CCCC1. The van der Waals surface area contributed by atoms with E-state index in [-0.39, 0.29) is 47.8 Å². The zero-order chi connectivity index (χ0) is 39.1. The molecule has 3 saturated carbocycles. The molecule has 4 aliphatic rings. The van der Waals surface area contributed by atoms with Gasteiger partial charge in [0.1, 0.15) is 29.8 Å². The molecule has 300 valence electrons. The van der Waals surface area contributed by atoms with E-state index < -0.39 is 6.04 Å². The summed E-state index contributed by atoms with van der Waals surface area (Å²) in [5.74, 6) is 2.22. The van der Waals surface area contributed by atoms with Gasteiger partial charge in [0.05, 0.1) is 18.5 Å². The van der Waals surface area contributed by atoms with E-state index in [1.807, 2.05) is 39.1 Å². The highest BCUT2D eigenvalue weighted by Gasteiger charge is 2.41. The quantitative estimate of drug-likeness (QED) is 0.158. The molecule has 3 fully saturated rings. The lowest BCUT2D eigenvalue weighted by Crippen LogP contribution is -2.55. The Balaban J connectivity index is 1.00. The highest BCUT2D eigenvalue weighted by molar-refractivity contribution is 6.04. The van der Waals surface area contributed by atoms with Crippen molar-refractivity contribution in [3.8, 4) is 5.75 Å². The van der Waals surface area contributed by atoms with Crippen molar-refractivity contribution in [2.24, 2.45) is 11.8 Å². The van der Waals surface area contributed by atoms with Crippen LogP contribution >= 0.6 is 0 Å². The minimum Gasteiger partial charge on any atom is -0.495 e. The molecule has 2 atom stereocenters. The number of hydrogen-bond acceptors (Lipinski definition) is 9. The first kappa shape index (κ1) is 40.3. The first-order chi connectivity index (χ1) is 26.5. The van der Waals surface area contributed by atoms with Crippen molar-refractivity contribution in [1.82, 2.24) is 15.6 Å². The molecule has 0 spiro atoms. The second-order valence-electron chi connectivity index (χ2n) is 16.6. The Hall–Kier alpha value is -4.35. The van der Waals surface area contributed by atoms with Crippen molar-refractivity contribution < 1.29 is 28.7 Å². The van der Waals surface area contributed by atoms with Gasteiger partial charge in [-0.05, 0) is 126 Å². The maximum atomic E-state index is 13.4. The standard InChI is InChI=1S/C43H62N6O6/c1-6-35-42(52)48(4)36-22-23-38(47-40(36)49(35)31-11-7-8-12-31)45-33-21-18-29(26-37(33)54-5)41(51)44-30-19-15-28(16-20-30)17-24-39(50)46-34(25-27(2)3)43(53)55-32-13-9-10-14-32/h18,21-23,26-28,30-32,34-35H,6-17,19-20,24-25H2,1-5H3,(H,44,51)(H,45,47)(H,46,50)/t28?,30?,34-,35?/m0/s1. The molecular formula is C43H62N6O6. The molecule has 3 amide bonds. The number of rotatable bonds is 15. The number of likely N-dealkylation sites (N-methyl/N-ethyl adjacent to an activating group) is 1. The van der Waals surface area contributed by atoms with Gasteiger partial charge in [0.2, 0.25) is 11.8 Å². The fourth-order valence-electron chi connectivity index (χ4n) is 9.03. The molecule has 1 aromatic heterocycles. The second-order valence-corrected chi connectivity index (χ2v) is 16.6. The number of fused-ring (bicyclic) bond motifs is 1. The molecule has 1 aliphatic heterocycles. The van der Waals surface area contributed by atoms with Crippen molar-refractivity contribution in [2.45, 2.75) is 154 Å². The van der Waals surface area contributed by atoms with Gasteiger partial charge in [-0.25, -0.2) is 9.78 Å². The number of methoxy groups -OCH3 is 1. The first-order valence-corrected chi connectivity index (χ1v) is 20.9. The van der Waals surface area contributed by atoms with Gasteiger partial charge in [-0.1, -0.05) is 33.6 Å². The van der Waals surface area contributed by atoms with Crippen LogP contribution < -0.4 is 30.5 Å². The van der Waals surface area contributed by atoms with Crippen molar-refractivity contribution >= 4 is 46.7 Å². The van der Waals surface area contributed by atoms with Crippen molar-refractivity contribution in [3.63, 3.8) is 0 Å². The number of aromatic nitrogens is 1. The first-order valence-electron chi connectivity index (χ1n) is 20.9. The topological polar surface area (TPSA) is 142 Å². The third kappa shape index (κ3) is 9.91. The predicted octanol–water partition coefficient (Wildman–Crippen LogP) is 7.42. The zero-order valence-electron chi connectivity index (χ0n) is 33.5. The van der Waals surface area contributed by atoms with Crippen molar-refractivity contribution in [1.29, 1.82) is 0 Å². The number of nitrogens with zero attached hydrogens (tertiary/aromatic N) is 3. The van der Waals surface area contributed by atoms with E-state index in [1.165, 1.54) is 0 Å². The summed E-state index contributed by atoms with van der Waals surface area (Å²) in [7, 11) is 3.41. The van der Waals surface area contributed by atoms with Crippen molar-refractivity contribution in [2.75, 3.05) is 29.3 Å². The van der Waals surface area contributed by atoms with Gasteiger partial charge in [-0.3, -0.25) is 14.4 Å². The van der Waals surface area contributed by atoms with Gasteiger partial charge in [0, 0.05) is 31.1 Å². The Morgan fingerprint density at radius 1 is 0.945 bits per heavy atom. The number of hydrogen-bond donors (Lipinski definition) is 3. The molecule has 1 aromatic carbocycles. The lowest BCUT2D eigenvalue weighted by atomic mass is 9.83. The van der Waals surface area contributed by atoms with Crippen LogP contribution in [0, 0.1) is 11.8 Å². The van der Waals surface area contributed by atoms with Crippen LogP contribution in [0.1, 0.15) is 134 Å². The maximum absolute atomic E-state index is 13.4. The number of benzene rings is 1. The second kappa shape index (κ2) is 18.5. The zero-order valence-corrected chi connectivity index (χ0v) is 33.5. The Morgan fingerprint density at radius 2 is 1.65 bits per heavy atom. The lowest BCUT2D eigenvalue weighted by molar-refractivity contribution is -0.153. The summed E-state index contributed by atoms with van der Waals surface area (Å²) in [6, 6.07) is 8.74. The van der Waals surface area contributed by atoms with Gasteiger partial charge in [0.25, 0.3) is 5.91 Å². The predicted molar refractivity (Wildman–Crippen MR) is 215 cm³/mol.